The van der Waals surface area contributed by atoms with E-state index in [4.69, 9.17) is 9.52 Å². The van der Waals surface area contributed by atoms with Gasteiger partial charge in [-0.1, -0.05) is 6.42 Å². The van der Waals surface area contributed by atoms with E-state index in [2.05, 4.69) is 4.90 Å². The zero-order valence-corrected chi connectivity index (χ0v) is 10.3. The molecule has 0 aromatic carbocycles. The lowest BCUT2D eigenvalue weighted by molar-refractivity contribution is -0.143. The van der Waals surface area contributed by atoms with Crippen LogP contribution < -0.4 is 0 Å². The Morgan fingerprint density at radius 1 is 1.59 bits per heavy atom. The van der Waals surface area contributed by atoms with Gasteiger partial charge in [0.1, 0.15) is 5.76 Å². The lowest BCUT2D eigenvalue weighted by atomic mass is 10.0. The Kier molecular flexibility index (Phi) is 3.52. The quantitative estimate of drug-likeness (QED) is 0.872. The van der Waals surface area contributed by atoms with Crippen LogP contribution in [0.25, 0.3) is 0 Å². The van der Waals surface area contributed by atoms with Gasteiger partial charge in [0.25, 0.3) is 0 Å². The van der Waals surface area contributed by atoms with E-state index in [-0.39, 0.29) is 12.0 Å². The van der Waals surface area contributed by atoms with Crippen molar-refractivity contribution in [2.24, 2.45) is 5.92 Å². The molecule has 1 fully saturated rings. The lowest BCUT2D eigenvalue weighted by Gasteiger charge is -2.27. The standard InChI is InChI=1S/C13H19NO3/c1-9-10(6-7-17-9)8-14(2)12-5-3-4-11(12)13(15)16/h6-7,11-12H,3-5,8H2,1-2H3,(H,15,16). The highest BCUT2D eigenvalue weighted by atomic mass is 16.4. The highest BCUT2D eigenvalue weighted by molar-refractivity contribution is 5.71. The van der Waals surface area contributed by atoms with Crippen LogP contribution in [0.4, 0.5) is 0 Å². The summed E-state index contributed by atoms with van der Waals surface area (Å²) in [5.74, 6) is 0.0391. The van der Waals surface area contributed by atoms with Crippen LogP contribution in [0.2, 0.25) is 0 Å². The van der Waals surface area contributed by atoms with Gasteiger partial charge in [0.2, 0.25) is 0 Å². The molecule has 4 heteroatoms. The number of aliphatic carboxylic acids is 1. The van der Waals surface area contributed by atoms with Crippen molar-refractivity contribution in [2.75, 3.05) is 7.05 Å². The second kappa shape index (κ2) is 4.92. The Bertz CT molecular complexity index is 399. The Labute approximate surface area is 101 Å². The first-order valence-electron chi connectivity index (χ1n) is 6.05. The van der Waals surface area contributed by atoms with Crippen LogP contribution in [0.5, 0.6) is 0 Å². The van der Waals surface area contributed by atoms with Crippen molar-refractivity contribution >= 4 is 5.97 Å². The van der Waals surface area contributed by atoms with Crippen molar-refractivity contribution in [3.8, 4) is 0 Å². The number of hydrogen-bond acceptors (Lipinski definition) is 3. The molecule has 0 saturated heterocycles. The molecule has 1 aliphatic rings. The van der Waals surface area contributed by atoms with Gasteiger partial charge in [-0.05, 0) is 32.9 Å². The van der Waals surface area contributed by atoms with Crippen LogP contribution in [-0.4, -0.2) is 29.1 Å². The van der Waals surface area contributed by atoms with Crippen molar-refractivity contribution in [2.45, 2.75) is 38.8 Å². The zero-order chi connectivity index (χ0) is 12.4. The predicted octanol–water partition coefficient (Wildman–Crippen LogP) is 2.27. The number of carboxylic acids is 1. The summed E-state index contributed by atoms with van der Waals surface area (Å²) in [6, 6.07) is 2.11. The topological polar surface area (TPSA) is 53.7 Å². The van der Waals surface area contributed by atoms with Crippen molar-refractivity contribution in [3.05, 3.63) is 23.7 Å². The second-order valence-corrected chi connectivity index (χ2v) is 4.86. The normalized spacial score (nSPS) is 24.4. The summed E-state index contributed by atoms with van der Waals surface area (Å²) in [6.45, 7) is 2.70. The maximum Gasteiger partial charge on any atom is 0.308 e. The summed E-state index contributed by atoms with van der Waals surface area (Å²) in [5, 5.41) is 9.17. The number of carbonyl (C=O) groups is 1. The molecule has 0 spiro atoms. The molecule has 4 nitrogen and oxygen atoms in total. The number of furan rings is 1. The number of nitrogens with zero attached hydrogens (tertiary/aromatic N) is 1. The van der Waals surface area contributed by atoms with Gasteiger partial charge in [0.05, 0.1) is 12.2 Å². The van der Waals surface area contributed by atoms with E-state index in [1.807, 2.05) is 20.0 Å². The molecule has 1 heterocycles. The Morgan fingerprint density at radius 3 is 2.94 bits per heavy atom. The first-order valence-corrected chi connectivity index (χ1v) is 6.05. The highest BCUT2D eigenvalue weighted by Gasteiger charge is 2.35. The average molecular weight is 237 g/mol. The fraction of sp³-hybridized carbons (Fsp3) is 0.615. The van der Waals surface area contributed by atoms with Crippen LogP contribution in [0, 0.1) is 12.8 Å². The first-order chi connectivity index (χ1) is 8.09. The number of carboxylic acid groups (broad SMARTS) is 1. The molecule has 2 unspecified atom stereocenters. The SMILES string of the molecule is Cc1occc1CN(C)C1CCCC1C(=O)O. The maximum atomic E-state index is 11.1. The van der Waals surface area contributed by atoms with E-state index in [1.165, 1.54) is 0 Å². The van der Waals surface area contributed by atoms with Crippen molar-refractivity contribution in [1.82, 2.24) is 4.90 Å². The molecule has 1 N–H and O–H groups in total. The molecule has 94 valence electrons. The number of hydrogen-bond donors (Lipinski definition) is 1. The monoisotopic (exact) mass is 237 g/mol. The van der Waals surface area contributed by atoms with Gasteiger partial charge in [0, 0.05) is 18.2 Å². The van der Waals surface area contributed by atoms with E-state index >= 15 is 0 Å². The summed E-state index contributed by atoms with van der Waals surface area (Å²) >= 11 is 0. The third kappa shape index (κ3) is 2.52. The van der Waals surface area contributed by atoms with Crippen molar-refractivity contribution in [3.63, 3.8) is 0 Å². The van der Waals surface area contributed by atoms with Crippen molar-refractivity contribution < 1.29 is 14.3 Å². The van der Waals surface area contributed by atoms with Gasteiger partial charge >= 0.3 is 5.97 Å². The van der Waals surface area contributed by atoms with Crippen LogP contribution in [0.3, 0.4) is 0 Å². The van der Waals surface area contributed by atoms with Gasteiger partial charge in [-0.2, -0.15) is 0 Å². The molecule has 1 aromatic rings. The molecule has 0 amide bonds. The van der Waals surface area contributed by atoms with Crippen molar-refractivity contribution in [1.29, 1.82) is 0 Å². The van der Waals surface area contributed by atoms with Crippen LogP contribution >= 0.6 is 0 Å². The van der Waals surface area contributed by atoms with Gasteiger partial charge in [-0.25, -0.2) is 0 Å². The zero-order valence-electron chi connectivity index (χ0n) is 10.3. The van der Waals surface area contributed by atoms with E-state index < -0.39 is 5.97 Å². The Morgan fingerprint density at radius 2 is 2.35 bits per heavy atom. The summed E-state index contributed by atoms with van der Waals surface area (Å²) in [7, 11) is 2.00. The molecule has 0 aliphatic heterocycles. The maximum absolute atomic E-state index is 11.1. The van der Waals surface area contributed by atoms with Gasteiger partial charge in [0.15, 0.2) is 0 Å². The summed E-state index contributed by atoms with van der Waals surface area (Å²) in [4.78, 5) is 13.3. The third-order valence-corrected chi connectivity index (χ3v) is 3.75. The minimum absolute atomic E-state index is 0.154. The fourth-order valence-electron chi connectivity index (χ4n) is 2.72. The molecule has 1 saturated carbocycles. The second-order valence-electron chi connectivity index (χ2n) is 4.86. The molecule has 0 radical (unpaired) electrons. The molecule has 1 aliphatic carbocycles. The largest absolute Gasteiger partial charge is 0.481 e. The predicted molar refractivity (Wildman–Crippen MR) is 63.7 cm³/mol. The van der Waals surface area contributed by atoms with Crippen LogP contribution in [0.15, 0.2) is 16.7 Å². The fourth-order valence-corrected chi connectivity index (χ4v) is 2.72. The summed E-state index contributed by atoms with van der Waals surface area (Å²) < 4.78 is 5.26. The third-order valence-electron chi connectivity index (χ3n) is 3.75. The van der Waals surface area contributed by atoms with E-state index in [0.29, 0.717) is 0 Å². The first kappa shape index (κ1) is 12.2. The molecule has 17 heavy (non-hydrogen) atoms. The molecule has 2 rings (SSSR count). The Hall–Kier alpha value is -1.29. The Balaban J connectivity index is 2.02. The van der Waals surface area contributed by atoms with Gasteiger partial charge in [-0.3, -0.25) is 9.69 Å². The van der Waals surface area contributed by atoms with E-state index in [0.717, 1.165) is 37.1 Å². The number of rotatable bonds is 4. The van der Waals surface area contributed by atoms with E-state index in [9.17, 15) is 4.79 Å². The summed E-state index contributed by atoms with van der Waals surface area (Å²) in [6.07, 6.45) is 4.47. The van der Waals surface area contributed by atoms with Crippen LogP contribution in [-0.2, 0) is 11.3 Å². The molecular weight excluding hydrogens is 218 g/mol. The molecule has 2 atom stereocenters. The minimum Gasteiger partial charge on any atom is -0.481 e. The van der Waals surface area contributed by atoms with E-state index in [1.54, 1.807) is 6.26 Å². The van der Waals surface area contributed by atoms with Gasteiger partial charge in [-0.15, -0.1) is 0 Å². The van der Waals surface area contributed by atoms with Gasteiger partial charge < -0.3 is 9.52 Å². The number of aryl methyl sites for hydroxylation is 1. The molecule has 1 aromatic heterocycles. The van der Waals surface area contributed by atoms with Crippen LogP contribution in [0.1, 0.15) is 30.6 Å². The summed E-state index contributed by atoms with van der Waals surface area (Å²) in [5.41, 5.74) is 1.14. The average Bonchev–Trinajstić information content (AvgIpc) is 2.87. The minimum atomic E-state index is -0.664. The molecular formula is C13H19NO3. The molecule has 0 bridgehead atoms. The highest BCUT2D eigenvalue weighted by Crippen LogP contribution is 2.30. The smallest absolute Gasteiger partial charge is 0.308 e. The lowest BCUT2D eigenvalue weighted by Crippen LogP contribution is -2.37.